The van der Waals surface area contributed by atoms with Crippen LogP contribution < -0.4 is 10.6 Å². The molecule has 1 saturated carbocycles. The standard InChI is InChI=1S/C16H24N2OS/c1-2-17-11-13-7-9-15(10-8-13)20-12-16(19)18-14-5-3-4-6-14/h7-10,14,17H,2-6,11-12H2,1H3,(H,18,19). The van der Waals surface area contributed by atoms with Crippen LogP contribution >= 0.6 is 11.8 Å². The number of nitrogens with one attached hydrogen (secondary N) is 2. The van der Waals surface area contributed by atoms with Crippen molar-refractivity contribution in [1.29, 1.82) is 0 Å². The Morgan fingerprint density at radius 2 is 1.95 bits per heavy atom. The smallest absolute Gasteiger partial charge is 0.230 e. The molecular formula is C16H24N2OS. The Kier molecular flexibility index (Phi) is 6.40. The van der Waals surface area contributed by atoms with Crippen molar-refractivity contribution in [3.05, 3.63) is 29.8 Å². The Labute approximate surface area is 125 Å². The maximum Gasteiger partial charge on any atom is 0.230 e. The van der Waals surface area contributed by atoms with Crippen molar-refractivity contribution >= 4 is 17.7 Å². The average Bonchev–Trinajstić information content (AvgIpc) is 2.97. The Hall–Kier alpha value is -1.00. The fraction of sp³-hybridized carbons (Fsp3) is 0.562. The maximum absolute atomic E-state index is 11.8. The van der Waals surface area contributed by atoms with Crippen LogP contribution in [-0.4, -0.2) is 24.2 Å². The monoisotopic (exact) mass is 292 g/mol. The van der Waals surface area contributed by atoms with Gasteiger partial charge in [-0.15, -0.1) is 11.8 Å². The van der Waals surface area contributed by atoms with Crippen molar-refractivity contribution in [3.63, 3.8) is 0 Å². The molecular weight excluding hydrogens is 268 g/mol. The van der Waals surface area contributed by atoms with Gasteiger partial charge in [0.05, 0.1) is 5.75 Å². The van der Waals surface area contributed by atoms with Crippen LogP contribution in [-0.2, 0) is 11.3 Å². The van der Waals surface area contributed by atoms with Gasteiger partial charge in [-0.25, -0.2) is 0 Å². The topological polar surface area (TPSA) is 41.1 Å². The van der Waals surface area contributed by atoms with Crippen molar-refractivity contribution in [2.45, 2.75) is 50.1 Å². The van der Waals surface area contributed by atoms with Crippen LogP contribution in [0, 0.1) is 0 Å². The molecule has 1 amide bonds. The molecule has 1 aromatic carbocycles. The predicted molar refractivity (Wildman–Crippen MR) is 84.9 cm³/mol. The van der Waals surface area contributed by atoms with Crippen LogP contribution in [0.5, 0.6) is 0 Å². The summed E-state index contributed by atoms with van der Waals surface area (Å²) in [6.07, 6.45) is 4.81. The SMILES string of the molecule is CCNCc1ccc(SCC(=O)NC2CCCC2)cc1. The van der Waals surface area contributed by atoms with Crippen molar-refractivity contribution in [3.8, 4) is 0 Å². The molecule has 0 bridgehead atoms. The lowest BCUT2D eigenvalue weighted by molar-refractivity contribution is -0.119. The van der Waals surface area contributed by atoms with Gasteiger partial charge in [-0.05, 0) is 37.1 Å². The number of rotatable bonds is 7. The van der Waals surface area contributed by atoms with E-state index >= 15 is 0 Å². The van der Waals surface area contributed by atoms with E-state index in [-0.39, 0.29) is 5.91 Å². The molecule has 1 fully saturated rings. The average molecular weight is 292 g/mol. The number of hydrogen-bond donors (Lipinski definition) is 2. The van der Waals surface area contributed by atoms with Crippen LogP contribution in [0.25, 0.3) is 0 Å². The minimum atomic E-state index is 0.165. The van der Waals surface area contributed by atoms with Gasteiger partial charge in [0, 0.05) is 17.5 Å². The Balaban J connectivity index is 1.71. The summed E-state index contributed by atoms with van der Waals surface area (Å²) in [7, 11) is 0. The molecule has 0 unspecified atom stereocenters. The fourth-order valence-corrected chi connectivity index (χ4v) is 3.17. The molecule has 2 rings (SSSR count). The van der Waals surface area contributed by atoms with Crippen LogP contribution in [0.4, 0.5) is 0 Å². The van der Waals surface area contributed by atoms with E-state index < -0.39 is 0 Å². The first-order valence-corrected chi connectivity index (χ1v) is 8.48. The van der Waals surface area contributed by atoms with Gasteiger partial charge in [0.15, 0.2) is 0 Å². The Morgan fingerprint density at radius 1 is 1.25 bits per heavy atom. The second kappa shape index (κ2) is 8.32. The summed E-state index contributed by atoms with van der Waals surface area (Å²) < 4.78 is 0. The molecule has 1 aliphatic carbocycles. The van der Waals surface area contributed by atoms with E-state index in [1.165, 1.54) is 18.4 Å². The third-order valence-corrected chi connectivity index (χ3v) is 4.60. The number of carbonyl (C=O) groups excluding carboxylic acids is 1. The summed E-state index contributed by atoms with van der Waals surface area (Å²) in [5, 5.41) is 6.42. The Morgan fingerprint density at radius 3 is 2.60 bits per heavy atom. The van der Waals surface area contributed by atoms with E-state index in [9.17, 15) is 4.79 Å². The van der Waals surface area contributed by atoms with Gasteiger partial charge in [-0.3, -0.25) is 4.79 Å². The second-order valence-corrected chi connectivity index (χ2v) is 6.31. The molecule has 1 aliphatic rings. The van der Waals surface area contributed by atoms with Crippen LogP contribution in [0.3, 0.4) is 0 Å². The minimum Gasteiger partial charge on any atom is -0.353 e. The molecule has 0 heterocycles. The highest BCUT2D eigenvalue weighted by atomic mass is 32.2. The summed E-state index contributed by atoms with van der Waals surface area (Å²) in [5.74, 6) is 0.682. The van der Waals surface area contributed by atoms with Gasteiger partial charge in [-0.1, -0.05) is 31.9 Å². The molecule has 0 aliphatic heterocycles. The maximum atomic E-state index is 11.8. The highest BCUT2D eigenvalue weighted by molar-refractivity contribution is 8.00. The van der Waals surface area contributed by atoms with Gasteiger partial charge in [0.2, 0.25) is 5.91 Å². The highest BCUT2D eigenvalue weighted by Gasteiger charge is 2.16. The molecule has 3 nitrogen and oxygen atoms in total. The zero-order chi connectivity index (χ0) is 14.2. The van der Waals surface area contributed by atoms with Crippen molar-refractivity contribution in [2.24, 2.45) is 0 Å². The first-order valence-electron chi connectivity index (χ1n) is 7.49. The van der Waals surface area contributed by atoms with Gasteiger partial charge < -0.3 is 10.6 Å². The number of carbonyl (C=O) groups is 1. The highest BCUT2D eigenvalue weighted by Crippen LogP contribution is 2.20. The van der Waals surface area contributed by atoms with Gasteiger partial charge in [0.1, 0.15) is 0 Å². The fourth-order valence-electron chi connectivity index (χ4n) is 2.46. The molecule has 0 aromatic heterocycles. The first kappa shape index (κ1) is 15.4. The lowest BCUT2D eigenvalue weighted by atomic mass is 10.2. The van der Waals surface area contributed by atoms with E-state index in [0.717, 1.165) is 30.8 Å². The Bertz CT molecular complexity index is 413. The molecule has 110 valence electrons. The van der Waals surface area contributed by atoms with E-state index in [4.69, 9.17) is 0 Å². The van der Waals surface area contributed by atoms with Crippen molar-refractivity contribution in [2.75, 3.05) is 12.3 Å². The number of benzene rings is 1. The third-order valence-electron chi connectivity index (χ3n) is 3.59. The summed E-state index contributed by atoms with van der Waals surface area (Å²) >= 11 is 1.61. The van der Waals surface area contributed by atoms with Gasteiger partial charge in [0.25, 0.3) is 0 Å². The van der Waals surface area contributed by atoms with Crippen LogP contribution in [0.15, 0.2) is 29.2 Å². The normalized spacial score (nSPS) is 15.4. The molecule has 0 saturated heterocycles. The minimum absolute atomic E-state index is 0.165. The molecule has 4 heteroatoms. The molecule has 0 spiro atoms. The van der Waals surface area contributed by atoms with Crippen molar-refractivity contribution < 1.29 is 4.79 Å². The van der Waals surface area contributed by atoms with Crippen LogP contribution in [0.1, 0.15) is 38.2 Å². The lowest BCUT2D eigenvalue weighted by Gasteiger charge is -2.11. The van der Waals surface area contributed by atoms with E-state index in [2.05, 4.69) is 41.8 Å². The summed E-state index contributed by atoms with van der Waals surface area (Å²) in [6.45, 7) is 3.99. The molecule has 1 aromatic rings. The number of thioether (sulfide) groups is 1. The largest absolute Gasteiger partial charge is 0.353 e. The van der Waals surface area contributed by atoms with Gasteiger partial charge >= 0.3 is 0 Å². The predicted octanol–water partition coefficient (Wildman–Crippen LogP) is 2.95. The van der Waals surface area contributed by atoms with Gasteiger partial charge in [-0.2, -0.15) is 0 Å². The van der Waals surface area contributed by atoms with Crippen molar-refractivity contribution in [1.82, 2.24) is 10.6 Å². The molecule has 0 atom stereocenters. The van der Waals surface area contributed by atoms with E-state index in [1.807, 2.05) is 0 Å². The molecule has 20 heavy (non-hydrogen) atoms. The molecule has 2 N–H and O–H groups in total. The summed E-state index contributed by atoms with van der Waals surface area (Å²) in [5.41, 5.74) is 1.28. The lowest BCUT2D eigenvalue weighted by Crippen LogP contribution is -2.33. The van der Waals surface area contributed by atoms with Crippen LogP contribution in [0.2, 0.25) is 0 Å². The number of amides is 1. The summed E-state index contributed by atoms with van der Waals surface area (Å²) in [4.78, 5) is 13.0. The third kappa shape index (κ3) is 5.17. The second-order valence-electron chi connectivity index (χ2n) is 5.26. The zero-order valence-electron chi connectivity index (χ0n) is 12.2. The first-order chi connectivity index (χ1) is 9.78. The zero-order valence-corrected chi connectivity index (χ0v) is 13.0. The van der Waals surface area contributed by atoms with E-state index in [0.29, 0.717) is 11.8 Å². The summed E-state index contributed by atoms with van der Waals surface area (Å²) in [6, 6.07) is 8.87. The molecule has 0 radical (unpaired) electrons. The number of hydrogen-bond acceptors (Lipinski definition) is 3. The quantitative estimate of drug-likeness (QED) is 0.759. The van der Waals surface area contributed by atoms with E-state index in [1.54, 1.807) is 11.8 Å².